The van der Waals surface area contributed by atoms with Gasteiger partial charge in [-0.25, -0.2) is 14.2 Å². The molecule has 1 amide bonds. The highest BCUT2D eigenvalue weighted by molar-refractivity contribution is 5.86. The molecule has 2 atom stereocenters. The van der Waals surface area contributed by atoms with Gasteiger partial charge in [0, 0.05) is 36.4 Å². The van der Waals surface area contributed by atoms with Gasteiger partial charge in [-0.2, -0.15) is 18.2 Å². The van der Waals surface area contributed by atoms with Gasteiger partial charge in [-0.1, -0.05) is 5.16 Å². The first-order valence-corrected chi connectivity index (χ1v) is 10.0. The van der Waals surface area contributed by atoms with Gasteiger partial charge in [0.2, 0.25) is 11.7 Å². The van der Waals surface area contributed by atoms with Gasteiger partial charge in [0.1, 0.15) is 0 Å². The predicted octanol–water partition coefficient (Wildman–Crippen LogP) is 3.88. The summed E-state index contributed by atoms with van der Waals surface area (Å²) in [5.74, 6) is -3.28. The van der Waals surface area contributed by atoms with E-state index in [1.165, 1.54) is 13.8 Å². The van der Waals surface area contributed by atoms with E-state index in [1.54, 1.807) is 0 Å². The number of carbonyl (C=O) groups excluding carboxylic acids is 1. The summed E-state index contributed by atoms with van der Waals surface area (Å²) in [6.07, 6.45) is -2.53. The molecular weight excluding hydrogens is 436 g/mol. The zero-order valence-corrected chi connectivity index (χ0v) is 17.6. The van der Waals surface area contributed by atoms with Crippen molar-refractivity contribution < 1.29 is 36.4 Å². The summed E-state index contributed by atoms with van der Waals surface area (Å²) in [4.78, 5) is 34.1. The second-order valence-corrected chi connectivity index (χ2v) is 8.54. The average Bonchev–Trinajstić information content (AvgIpc) is 3.49. The van der Waals surface area contributed by atoms with Gasteiger partial charge in [-0.3, -0.25) is 0 Å². The molecule has 172 valence electrons. The summed E-state index contributed by atoms with van der Waals surface area (Å²) < 4.78 is 65.3. The van der Waals surface area contributed by atoms with E-state index in [0.717, 1.165) is 19.2 Å². The van der Waals surface area contributed by atoms with Crippen LogP contribution in [0.2, 0.25) is 0 Å². The Morgan fingerprint density at radius 3 is 2.44 bits per heavy atom. The van der Waals surface area contributed by atoms with Crippen molar-refractivity contribution in [2.24, 2.45) is 5.92 Å². The quantitative estimate of drug-likeness (QED) is 0.480. The van der Waals surface area contributed by atoms with Crippen LogP contribution in [-0.2, 0) is 15.9 Å². The summed E-state index contributed by atoms with van der Waals surface area (Å²) >= 11 is 0. The first-order chi connectivity index (χ1) is 14.9. The molecule has 0 bridgehead atoms. The lowest BCUT2D eigenvalue weighted by atomic mass is 9.85. The topological polar surface area (TPSA) is 98.2 Å². The fraction of sp³-hybridized carbons (Fsp3) is 0.600. The highest BCUT2D eigenvalue weighted by Gasteiger charge is 2.61. The second-order valence-electron chi connectivity index (χ2n) is 8.54. The van der Waals surface area contributed by atoms with E-state index in [9.17, 15) is 27.3 Å². The van der Waals surface area contributed by atoms with Gasteiger partial charge in [-0.05, 0) is 31.4 Å². The Morgan fingerprint density at radius 2 is 1.97 bits per heavy atom. The normalized spacial score (nSPS) is 20.8. The molecule has 0 spiro atoms. The second kappa shape index (κ2) is 7.39. The third kappa shape index (κ3) is 3.59. The molecular formula is C20H21F4N4O4+. The molecule has 0 N–H and O–H groups in total. The molecule has 12 heteroatoms. The summed E-state index contributed by atoms with van der Waals surface area (Å²) in [6.45, 7) is 3.05. The number of pyridine rings is 1. The summed E-state index contributed by atoms with van der Waals surface area (Å²) in [5.41, 5.74) is -4.90. The summed E-state index contributed by atoms with van der Waals surface area (Å²) in [5, 5.41) is 3.78. The van der Waals surface area contributed by atoms with Crippen molar-refractivity contribution in [1.29, 1.82) is 0 Å². The number of aromatic nitrogens is 3. The van der Waals surface area contributed by atoms with Crippen molar-refractivity contribution in [3.63, 3.8) is 0 Å². The molecule has 32 heavy (non-hydrogen) atoms. The molecule has 2 aromatic heterocycles. The highest BCUT2D eigenvalue weighted by atomic mass is 19.4. The number of nitrogens with zero attached hydrogens (tertiary/aromatic N) is 4. The van der Waals surface area contributed by atoms with Crippen LogP contribution in [0.3, 0.4) is 0 Å². The Bertz CT molecular complexity index is 1080. The summed E-state index contributed by atoms with van der Waals surface area (Å²) in [7, 11) is 0. The third-order valence-electron chi connectivity index (χ3n) is 6.22. The fourth-order valence-corrected chi connectivity index (χ4v) is 3.84. The number of hydrogen-bond acceptors (Lipinski definition) is 7. The van der Waals surface area contributed by atoms with E-state index in [4.69, 9.17) is 9.26 Å². The predicted molar refractivity (Wildman–Crippen MR) is 99.4 cm³/mol. The average molecular weight is 457 g/mol. The van der Waals surface area contributed by atoms with E-state index >= 15 is 0 Å². The highest BCUT2D eigenvalue weighted by Crippen LogP contribution is 2.47. The van der Waals surface area contributed by atoms with Crippen LogP contribution in [0.15, 0.2) is 16.8 Å². The first-order valence-electron chi connectivity index (χ1n) is 10.0. The molecule has 8 nitrogen and oxygen atoms in total. The number of alkyl halides is 4. The molecule has 1 aliphatic heterocycles. The lowest BCUT2D eigenvalue weighted by Gasteiger charge is -2.36. The Morgan fingerprint density at radius 1 is 1.31 bits per heavy atom. The third-order valence-corrected chi connectivity index (χ3v) is 6.22. The molecule has 3 heterocycles. The molecule has 2 aromatic rings. The number of aryl methyl sites for hydroxylation is 1. The number of rotatable bonds is 6. The molecule has 1 aliphatic carbocycles. The smallest absolute Gasteiger partial charge is 0.374 e. The summed E-state index contributed by atoms with van der Waals surface area (Å²) in [6, 6.07) is 0.842. The number of nitroso groups, excluding NO2 is 1. The first kappa shape index (κ1) is 22.4. The van der Waals surface area contributed by atoms with Crippen molar-refractivity contribution in [2.45, 2.75) is 56.9 Å². The van der Waals surface area contributed by atoms with Crippen LogP contribution in [0.25, 0.3) is 0 Å². The van der Waals surface area contributed by atoms with Crippen LogP contribution in [-0.4, -0.2) is 45.2 Å². The Labute approximate surface area is 179 Å². The maximum Gasteiger partial charge on any atom is 0.484 e. The maximum atomic E-state index is 14.9. The van der Waals surface area contributed by atoms with E-state index in [0.29, 0.717) is 12.8 Å². The van der Waals surface area contributed by atoms with Gasteiger partial charge in [0.05, 0.1) is 23.9 Å². The van der Waals surface area contributed by atoms with Crippen LogP contribution in [0.1, 0.15) is 65.9 Å². The minimum absolute atomic E-state index is 0.00989. The fourth-order valence-electron chi connectivity index (χ4n) is 3.84. The lowest BCUT2D eigenvalue weighted by molar-refractivity contribution is -0.553. The monoisotopic (exact) mass is 457 g/mol. The molecule has 0 aromatic carbocycles. The van der Waals surface area contributed by atoms with Crippen LogP contribution >= 0.6 is 0 Å². The largest absolute Gasteiger partial charge is 0.484 e. The van der Waals surface area contributed by atoms with Crippen LogP contribution in [0, 0.1) is 17.7 Å². The molecule has 1 saturated heterocycles. The van der Waals surface area contributed by atoms with Gasteiger partial charge in [-0.15, -0.1) is 0 Å². The minimum Gasteiger partial charge on any atom is -0.374 e. The SMILES string of the molecule is Cc1nc(C(C)(C2CC2)[N+](=O)C(=O)c2cc([C@H](C)C(F)(F)F)c(C3(F)COC3)cn2)no1. The standard InChI is InChI=1S/C20H21F4N4O4/c1-10(20(22,23)24)13-6-15(25-7-14(13)19(21)8-31-9-19)16(29)28(30)18(3,12-4-5-12)17-26-11(2)32-27-17/h6-7,10,12H,4-5,8-9H2,1-3H3/q+1/t10-,18?/m0/s1. The van der Waals surface area contributed by atoms with Gasteiger partial charge in [0.25, 0.3) is 5.54 Å². The molecule has 4 rings (SSSR count). The number of carbonyl (C=O) groups is 1. The van der Waals surface area contributed by atoms with Gasteiger partial charge >= 0.3 is 12.1 Å². The van der Waals surface area contributed by atoms with Crippen molar-refractivity contribution in [3.05, 3.63) is 45.7 Å². The van der Waals surface area contributed by atoms with Crippen LogP contribution in [0.5, 0.6) is 0 Å². The maximum absolute atomic E-state index is 14.9. The molecule has 2 aliphatic rings. The molecule has 1 unspecified atom stereocenters. The lowest BCUT2D eigenvalue weighted by Crippen LogP contribution is -2.44. The number of amides is 1. The minimum atomic E-state index is -4.70. The van der Waals surface area contributed by atoms with Crippen molar-refractivity contribution in [3.8, 4) is 0 Å². The Kier molecular flexibility index (Phi) is 5.18. The van der Waals surface area contributed by atoms with Crippen molar-refractivity contribution in [1.82, 2.24) is 15.1 Å². The molecule has 0 radical (unpaired) electrons. The van der Waals surface area contributed by atoms with Crippen LogP contribution in [0.4, 0.5) is 17.6 Å². The number of hydrogen-bond donors (Lipinski definition) is 0. The van der Waals surface area contributed by atoms with Gasteiger partial charge < -0.3 is 9.26 Å². The van der Waals surface area contributed by atoms with E-state index in [1.807, 2.05) is 0 Å². The van der Waals surface area contributed by atoms with E-state index in [2.05, 4.69) is 15.1 Å². The zero-order valence-electron chi connectivity index (χ0n) is 17.6. The van der Waals surface area contributed by atoms with Crippen molar-refractivity contribution in [2.75, 3.05) is 13.2 Å². The Hall–Kier alpha value is -2.76. The number of ether oxygens (including phenoxy) is 1. The van der Waals surface area contributed by atoms with Crippen molar-refractivity contribution >= 4 is 5.91 Å². The van der Waals surface area contributed by atoms with Gasteiger partial charge in [0.15, 0.2) is 11.4 Å². The van der Waals surface area contributed by atoms with Crippen LogP contribution < -0.4 is 0 Å². The van der Waals surface area contributed by atoms with E-state index in [-0.39, 0.29) is 28.0 Å². The molecule has 2 fully saturated rings. The number of halogens is 4. The zero-order chi connectivity index (χ0) is 23.5. The van der Waals surface area contributed by atoms with E-state index < -0.39 is 53.7 Å². The molecule has 1 saturated carbocycles. The Balaban J connectivity index is 1.74.